The molecule has 0 saturated carbocycles. The number of hydrogen-bond acceptors (Lipinski definition) is 3. The molecule has 1 heterocycles. The molecule has 0 bridgehead atoms. The van der Waals surface area contributed by atoms with Crippen molar-refractivity contribution >= 4 is 17.2 Å². The molecule has 0 aliphatic carbocycles. The molecular weight excluding hydrogens is 196 g/mol. The van der Waals surface area contributed by atoms with Gasteiger partial charge < -0.3 is 10.4 Å². The minimum atomic E-state index is 0.0466. The monoisotopic (exact) mass is 203 g/mol. The highest BCUT2D eigenvalue weighted by Gasteiger charge is 2.16. The molecular formula is C10H7N2O3. The highest BCUT2D eigenvalue weighted by Crippen LogP contribution is 2.09. The third-order valence-electron chi connectivity index (χ3n) is 2.23. The zero-order valence-electron chi connectivity index (χ0n) is 7.93. The van der Waals surface area contributed by atoms with Crippen LogP contribution in [-0.4, -0.2) is 6.29 Å². The fourth-order valence-corrected chi connectivity index (χ4v) is 1.39. The molecule has 5 heteroatoms. The van der Waals surface area contributed by atoms with Crippen LogP contribution < -0.4 is 9.46 Å². The summed E-state index contributed by atoms with van der Waals surface area (Å²) in [4.78, 5) is 10.4. The number of aromatic nitrogens is 2. The van der Waals surface area contributed by atoms with Crippen LogP contribution in [0.5, 0.6) is 0 Å². The van der Waals surface area contributed by atoms with Crippen molar-refractivity contribution in [2.24, 2.45) is 0 Å². The Morgan fingerprint density at radius 2 is 2.07 bits per heavy atom. The van der Waals surface area contributed by atoms with Crippen LogP contribution >= 0.6 is 0 Å². The highest BCUT2D eigenvalue weighted by atomic mass is 16.5. The molecule has 75 valence electrons. The molecule has 1 aromatic carbocycles. The normalized spacial score (nSPS) is 10.5. The van der Waals surface area contributed by atoms with Gasteiger partial charge in [-0.05, 0) is 12.1 Å². The van der Waals surface area contributed by atoms with E-state index in [-0.39, 0.29) is 5.82 Å². The van der Waals surface area contributed by atoms with Crippen molar-refractivity contribution in [2.75, 3.05) is 0 Å². The van der Waals surface area contributed by atoms with Crippen molar-refractivity contribution in [3.8, 4) is 0 Å². The van der Waals surface area contributed by atoms with Gasteiger partial charge >= 0.3 is 5.82 Å². The van der Waals surface area contributed by atoms with Gasteiger partial charge in [0.05, 0.1) is 6.92 Å². The molecule has 0 saturated heterocycles. The molecule has 1 radical (unpaired) electrons. The smallest absolute Gasteiger partial charge is 0.437 e. The van der Waals surface area contributed by atoms with Crippen molar-refractivity contribution < 1.29 is 14.3 Å². The molecule has 0 spiro atoms. The third-order valence-corrected chi connectivity index (χ3v) is 2.23. The van der Waals surface area contributed by atoms with Gasteiger partial charge in [0.15, 0.2) is 0 Å². The average Bonchev–Trinajstić information content (AvgIpc) is 2.25. The fourth-order valence-electron chi connectivity index (χ4n) is 1.39. The lowest BCUT2D eigenvalue weighted by molar-refractivity contribution is -0.741. The van der Waals surface area contributed by atoms with Crippen LogP contribution in [-0.2, 0) is 4.79 Å². The van der Waals surface area contributed by atoms with Gasteiger partial charge in [-0.3, -0.25) is 4.79 Å². The number of fused-ring (bicyclic) bond motifs is 1. The van der Waals surface area contributed by atoms with E-state index in [4.69, 9.17) is 0 Å². The van der Waals surface area contributed by atoms with Crippen LogP contribution in [0.15, 0.2) is 24.4 Å². The minimum Gasteiger partial charge on any atom is -0.614 e. The number of rotatable bonds is 1. The molecule has 2 aromatic rings. The van der Waals surface area contributed by atoms with E-state index in [0.29, 0.717) is 25.9 Å². The second-order valence-electron chi connectivity index (χ2n) is 3.17. The summed E-state index contributed by atoms with van der Waals surface area (Å²) in [6.07, 6.45) is 2.96. The second-order valence-corrected chi connectivity index (χ2v) is 3.17. The summed E-state index contributed by atoms with van der Waals surface area (Å²) >= 11 is 0. The molecule has 0 fully saturated rings. The average molecular weight is 203 g/mol. The van der Waals surface area contributed by atoms with Crippen LogP contribution in [0.25, 0.3) is 10.9 Å². The topological polar surface area (TPSA) is 71.0 Å². The first-order valence-electron chi connectivity index (χ1n) is 4.28. The van der Waals surface area contributed by atoms with E-state index < -0.39 is 0 Å². The van der Waals surface area contributed by atoms with Crippen LogP contribution in [0.1, 0.15) is 11.4 Å². The van der Waals surface area contributed by atoms with E-state index >= 15 is 0 Å². The Bertz CT molecular complexity index is 552. The highest BCUT2D eigenvalue weighted by molar-refractivity contribution is 5.84. The zero-order valence-corrected chi connectivity index (χ0v) is 7.93. The van der Waals surface area contributed by atoms with Crippen molar-refractivity contribution in [1.29, 1.82) is 0 Å². The Morgan fingerprint density at radius 1 is 1.33 bits per heavy atom. The van der Waals surface area contributed by atoms with E-state index in [1.807, 2.05) is 0 Å². The number of hydrogen-bond donors (Lipinski definition) is 0. The Labute approximate surface area is 85.4 Å². The second kappa shape index (κ2) is 3.20. The summed E-state index contributed by atoms with van der Waals surface area (Å²) in [6, 6.07) is 4.43. The number of nitrogens with zero attached hydrogens (tertiary/aromatic N) is 2. The Kier molecular flexibility index (Phi) is 2.00. The molecule has 0 aliphatic rings. The molecule has 5 nitrogen and oxygen atoms in total. The zero-order chi connectivity index (χ0) is 11.0. The van der Waals surface area contributed by atoms with Crippen molar-refractivity contribution in [3.05, 3.63) is 46.2 Å². The van der Waals surface area contributed by atoms with E-state index in [1.54, 1.807) is 6.29 Å². The Morgan fingerprint density at radius 3 is 2.73 bits per heavy atom. The largest absolute Gasteiger partial charge is 0.614 e. The van der Waals surface area contributed by atoms with Crippen LogP contribution in [0.4, 0.5) is 0 Å². The van der Waals surface area contributed by atoms with Crippen LogP contribution in [0.3, 0.4) is 0 Å². The van der Waals surface area contributed by atoms with Gasteiger partial charge in [0, 0.05) is 11.6 Å². The summed E-state index contributed by atoms with van der Waals surface area (Å²) in [5.41, 5.74) is 0.671. The first-order chi connectivity index (χ1) is 7.13. The van der Waals surface area contributed by atoms with Gasteiger partial charge in [0.1, 0.15) is 5.39 Å². The predicted molar refractivity (Wildman–Crippen MR) is 51.4 cm³/mol. The maximum Gasteiger partial charge on any atom is 0.437 e. The summed E-state index contributed by atoms with van der Waals surface area (Å²) < 4.78 is 1.01. The van der Waals surface area contributed by atoms with Crippen molar-refractivity contribution in [3.63, 3.8) is 0 Å². The first-order valence-corrected chi connectivity index (χ1v) is 4.28. The fraction of sp³-hybridized carbons (Fsp3) is 0.100. The maximum atomic E-state index is 11.5. The Balaban J connectivity index is 2.86. The molecule has 0 unspecified atom stereocenters. The number of carbonyl (C=O) groups excluding carboxylic acids is 1. The summed E-state index contributed by atoms with van der Waals surface area (Å²) in [5.74, 6) is 0.0466. The van der Waals surface area contributed by atoms with E-state index in [0.717, 1.165) is 0 Å². The van der Waals surface area contributed by atoms with E-state index in [9.17, 15) is 15.2 Å². The van der Waals surface area contributed by atoms with E-state index in [1.165, 1.54) is 31.3 Å². The minimum absolute atomic E-state index is 0.0466. The van der Waals surface area contributed by atoms with Gasteiger partial charge in [-0.1, -0.05) is 0 Å². The predicted octanol–water partition coefficient (Wildman–Crippen LogP) is -0.127. The molecule has 2 rings (SSSR count). The standard InChI is InChI=1S/C10H7N2O3/c1-7-11(14)5-9-4-8(6-13)2-3-10(9)12(7)15/h2-5H,1H3. The lowest BCUT2D eigenvalue weighted by atomic mass is 10.2. The molecule has 0 aliphatic heterocycles. The lowest BCUT2D eigenvalue weighted by Crippen LogP contribution is -2.46. The summed E-state index contributed by atoms with van der Waals surface area (Å²) in [7, 11) is 0. The van der Waals surface area contributed by atoms with E-state index in [2.05, 4.69) is 0 Å². The number of benzene rings is 1. The molecule has 1 aromatic heterocycles. The molecule has 0 N–H and O–H groups in total. The van der Waals surface area contributed by atoms with Gasteiger partial charge in [0.25, 0.3) is 0 Å². The SMILES string of the molecule is Cc1[n+]([O-])cc2cc([C]=O)ccc2[n+]1[O-]. The van der Waals surface area contributed by atoms with Crippen molar-refractivity contribution in [1.82, 2.24) is 0 Å². The molecule has 15 heavy (non-hydrogen) atoms. The first kappa shape index (κ1) is 9.39. The van der Waals surface area contributed by atoms with Crippen LogP contribution in [0, 0.1) is 17.3 Å². The Hall–Kier alpha value is -2.17. The summed E-state index contributed by atoms with van der Waals surface area (Å²) in [6.45, 7) is 1.43. The molecule has 0 atom stereocenters. The maximum absolute atomic E-state index is 11.5. The van der Waals surface area contributed by atoms with Gasteiger partial charge in [-0.25, -0.2) is 0 Å². The summed E-state index contributed by atoms with van der Waals surface area (Å²) in [5, 5.41) is 23.2. The lowest BCUT2D eigenvalue weighted by Gasteiger charge is -2.04. The third kappa shape index (κ3) is 1.38. The van der Waals surface area contributed by atoms with Gasteiger partial charge in [0.2, 0.25) is 18.0 Å². The van der Waals surface area contributed by atoms with Gasteiger partial charge in [-0.2, -0.15) is 0 Å². The van der Waals surface area contributed by atoms with Crippen LogP contribution in [0.2, 0.25) is 0 Å². The molecule has 0 amide bonds. The quantitative estimate of drug-likeness (QED) is 0.479. The van der Waals surface area contributed by atoms with Gasteiger partial charge in [-0.15, -0.1) is 9.46 Å². The van der Waals surface area contributed by atoms with Crippen molar-refractivity contribution in [2.45, 2.75) is 6.92 Å².